The van der Waals surface area contributed by atoms with E-state index in [1.165, 1.54) is 0 Å². The summed E-state index contributed by atoms with van der Waals surface area (Å²) < 4.78 is 6.33. The lowest BCUT2D eigenvalue weighted by atomic mass is 10.1. The molecule has 4 aromatic carbocycles. The zero-order chi connectivity index (χ0) is 24.2. The average Bonchev–Trinajstić information content (AvgIpc) is 3.30. The molecule has 0 saturated heterocycles. The maximum Gasteiger partial charge on any atom is 0.198 e. The number of hydrogen-bond acceptors (Lipinski definition) is 5. The molecule has 1 aliphatic heterocycles. The smallest absolute Gasteiger partial charge is 0.198 e. The van der Waals surface area contributed by atoms with Crippen molar-refractivity contribution in [2.24, 2.45) is 5.10 Å². The number of ketones is 1. The molecule has 0 N–H and O–H groups in total. The maximum absolute atomic E-state index is 12.8. The molecule has 0 aliphatic carbocycles. The third-order valence-corrected chi connectivity index (χ3v) is 5.96. The Bertz CT molecular complexity index is 1350. The third kappa shape index (κ3) is 4.66. The quantitative estimate of drug-likeness (QED) is 0.315. The van der Waals surface area contributed by atoms with E-state index in [0.717, 1.165) is 33.8 Å². The van der Waals surface area contributed by atoms with Crippen molar-refractivity contribution in [3.8, 4) is 5.75 Å². The fourth-order valence-corrected chi connectivity index (χ4v) is 4.32. The van der Waals surface area contributed by atoms with Crippen LogP contribution in [-0.4, -0.2) is 11.6 Å². The fourth-order valence-electron chi connectivity index (χ4n) is 4.32. The summed E-state index contributed by atoms with van der Waals surface area (Å²) in [6.07, 6.45) is -0.398. The largest absolute Gasteiger partial charge is 0.488 e. The number of benzene rings is 4. The maximum atomic E-state index is 12.8. The SMILES string of the molecule is CC(=O)C1=NN(c2ccccc2)[C@@H](c2ccccc2OCc2ccccc2)N1c1cccc(C)c1. The standard InChI is InChI=1S/C30H27N3O2/c1-22-12-11-17-26(20-22)32-29(23(2)34)31-33(25-15-7-4-8-16-25)30(32)27-18-9-10-19-28(27)35-21-24-13-5-3-6-14-24/h3-20,30H,21H2,1-2H3/t30-/m0/s1. The minimum atomic E-state index is -0.398. The Morgan fingerprint density at radius 1 is 0.829 bits per heavy atom. The van der Waals surface area contributed by atoms with E-state index in [-0.39, 0.29) is 5.78 Å². The number of amidine groups is 1. The number of Topliss-reactive ketones (excluding diaryl/α,β-unsaturated/α-hetero) is 1. The van der Waals surface area contributed by atoms with Gasteiger partial charge in [0.05, 0.1) is 5.69 Å². The lowest BCUT2D eigenvalue weighted by molar-refractivity contribution is -0.111. The lowest BCUT2D eigenvalue weighted by Crippen LogP contribution is -2.38. The summed E-state index contributed by atoms with van der Waals surface area (Å²) in [6, 6.07) is 36.1. The summed E-state index contributed by atoms with van der Waals surface area (Å²) in [6.45, 7) is 4.05. The highest BCUT2D eigenvalue weighted by molar-refractivity contribution is 6.44. The van der Waals surface area contributed by atoms with Crippen LogP contribution in [0.25, 0.3) is 0 Å². The van der Waals surface area contributed by atoms with E-state index in [0.29, 0.717) is 12.4 Å². The lowest BCUT2D eigenvalue weighted by Gasteiger charge is -2.33. The number of hydrogen-bond donors (Lipinski definition) is 0. The molecule has 174 valence electrons. The van der Waals surface area contributed by atoms with E-state index >= 15 is 0 Å². The first-order valence-electron chi connectivity index (χ1n) is 11.7. The molecule has 0 radical (unpaired) electrons. The highest BCUT2D eigenvalue weighted by Gasteiger charge is 2.40. The van der Waals surface area contributed by atoms with Gasteiger partial charge in [-0.15, -0.1) is 5.10 Å². The first kappa shape index (κ1) is 22.4. The zero-order valence-corrected chi connectivity index (χ0v) is 19.8. The molecule has 0 aromatic heterocycles. The first-order chi connectivity index (χ1) is 17.1. The molecular weight excluding hydrogens is 434 g/mol. The van der Waals surface area contributed by atoms with Crippen molar-refractivity contribution in [2.45, 2.75) is 26.6 Å². The van der Waals surface area contributed by atoms with Gasteiger partial charge in [0.15, 0.2) is 17.8 Å². The summed E-state index contributed by atoms with van der Waals surface area (Å²) >= 11 is 0. The number of carbonyl (C=O) groups excluding carboxylic acids is 1. The number of para-hydroxylation sites is 2. The van der Waals surface area contributed by atoms with Crippen molar-refractivity contribution in [3.63, 3.8) is 0 Å². The van der Waals surface area contributed by atoms with E-state index in [1.807, 2.05) is 120 Å². The molecule has 5 nitrogen and oxygen atoms in total. The third-order valence-electron chi connectivity index (χ3n) is 5.96. The number of nitrogens with zero attached hydrogens (tertiary/aromatic N) is 3. The summed E-state index contributed by atoms with van der Waals surface area (Å²) in [7, 11) is 0. The molecule has 0 amide bonds. The van der Waals surface area contributed by atoms with Crippen LogP contribution in [0.5, 0.6) is 5.75 Å². The Balaban J connectivity index is 1.63. The summed E-state index contributed by atoms with van der Waals surface area (Å²) in [5.74, 6) is 1.04. The van der Waals surface area contributed by atoms with Crippen molar-refractivity contribution in [1.82, 2.24) is 0 Å². The zero-order valence-electron chi connectivity index (χ0n) is 19.8. The molecule has 5 rings (SSSR count). The van der Waals surface area contributed by atoms with Crippen molar-refractivity contribution >= 4 is 23.0 Å². The van der Waals surface area contributed by atoms with Crippen LogP contribution in [0.2, 0.25) is 0 Å². The van der Waals surface area contributed by atoms with E-state index in [2.05, 4.69) is 6.07 Å². The molecule has 5 heteroatoms. The molecule has 1 atom stereocenters. The Kier molecular flexibility index (Phi) is 6.31. The van der Waals surface area contributed by atoms with Gasteiger partial charge in [-0.3, -0.25) is 9.69 Å². The number of rotatable bonds is 7. The van der Waals surface area contributed by atoms with Gasteiger partial charge < -0.3 is 4.74 Å². The molecular formula is C30H27N3O2. The predicted octanol–water partition coefficient (Wildman–Crippen LogP) is 6.50. The van der Waals surface area contributed by atoms with Gasteiger partial charge in [0.2, 0.25) is 0 Å². The van der Waals surface area contributed by atoms with Crippen LogP contribution in [0.4, 0.5) is 11.4 Å². The van der Waals surface area contributed by atoms with Crippen LogP contribution in [0, 0.1) is 6.92 Å². The second-order valence-electron chi connectivity index (χ2n) is 8.55. The van der Waals surface area contributed by atoms with Gasteiger partial charge in [0.1, 0.15) is 12.4 Å². The number of ether oxygens (including phenoxy) is 1. The van der Waals surface area contributed by atoms with E-state index < -0.39 is 6.17 Å². The van der Waals surface area contributed by atoms with Gasteiger partial charge in [-0.25, -0.2) is 5.01 Å². The Morgan fingerprint density at radius 3 is 2.20 bits per heavy atom. The summed E-state index contributed by atoms with van der Waals surface area (Å²) in [5.41, 5.74) is 4.92. The number of hydrazone groups is 1. The molecule has 0 spiro atoms. The molecule has 4 aromatic rings. The molecule has 0 unspecified atom stereocenters. The minimum Gasteiger partial charge on any atom is -0.488 e. The number of aryl methyl sites for hydroxylation is 1. The van der Waals surface area contributed by atoms with Crippen LogP contribution in [-0.2, 0) is 11.4 Å². The topological polar surface area (TPSA) is 45.1 Å². The summed E-state index contributed by atoms with van der Waals surface area (Å²) in [5, 5.41) is 6.74. The molecule has 35 heavy (non-hydrogen) atoms. The Labute approximate surface area is 205 Å². The van der Waals surface area contributed by atoms with Crippen molar-refractivity contribution in [3.05, 3.63) is 126 Å². The van der Waals surface area contributed by atoms with Crippen LogP contribution in [0.1, 0.15) is 29.8 Å². The van der Waals surface area contributed by atoms with Gasteiger partial charge >= 0.3 is 0 Å². The van der Waals surface area contributed by atoms with Gasteiger partial charge in [-0.2, -0.15) is 0 Å². The second kappa shape index (κ2) is 9.85. The van der Waals surface area contributed by atoms with Crippen molar-refractivity contribution < 1.29 is 9.53 Å². The average molecular weight is 462 g/mol. The molecule has 1 aliphatic rings. The minimum absolute atomic E-state index is 0.0994. The van der Waals surface area contributed by atoms with Crippen molar-refractivity contribution in [2.75, 3.05) is 9.91 Å². The van der Waals surface area contributed by atoms with Crippen LogP contribution in [0.15, 0.2) is 114 Å². The molecule has 1 heterocycles. The number of anilines is 2. The van der Waals surface area contributed by atoms with Crippen molar-refractivity contribution in [1.29, 1.82) is 0 Å². The van der Waals surface area contributed by atoms with Gasteiger partial charge in [-0.1, -0.05) is 78.9 Å². The van der Waals surface area contributed by atoms with Crippen LogP contribution in [0.3, 0.4) is 0 Å². The second-order valence-corrected chi connectivity index (χ2v) is 8.55. The van der Waals surface area contributed by atoms with E-state index in [1.54, 1.807) is 6.92 Å². The van der Waals surface area contributed by atoms with E-state index in [4.69, 9.17) is 9.84 Å². The summed E-state index contributed by atoms with van der Waals surface area (Å²) in [4.78, 5) is 14.8. The van der Waals surface area contributed by atoms with Crippen LogP contribution >= 0.6 is 0 Å². The molecule has 0 bridgehead atoms. The van der Waals surface area contributed by atoms with Gasteiger partial charge in [0, 0.05) is 18.2 Å². The molecule has 0 fully saturated rings. The van der Waals surface area contributed by atoms with Gasteiger partial charge in [-0.05, 0) is 48.4 Å². The highest BCUT2D eigenvalue weighted by Crippen LogP contribution is 2.42. The Hall–Kier alpha value is -4.38. The number of carbonyl (C=O) groups is 1. The van der Waals surface area contributed by atoms with Crippen LogP contribution < -0.4 is 14.6 Å². The fraction of sp³-hybridized carbons (Fsp3) is 0.133. The normalized spacial score (nSPS) is 15.1. The molecule has 0 saturated carbocycles. The first-order valence-corrected chi connectivity index (χ1v) is 11.7. The Morgan fingerprint density at radius 2 is 1.49 bits per heavy atom. The highest BCUT2D eigenvalue weighted by atomic mass is 16.5. The monoisotopic (exact) mass is 461 g/mol. The van der Waals surface area contributed by atoms with E-state index in [9.17, 15) is 4.79 Å². The predicted molar refractivity (Wildman–Crippen MR) is 141 cm³/mol. The van der Waals surface area contributed by atoms with Gasteiger partial charge in [0.25, 0.3) is 0 Å².